The van der Waals surface area contributed by atoms with Gasteiger partial charge in [0, 0.05) is 17.3 Å². The van der Waals surface area contributed by atoms with Crippen molar-refractivity contribution in [3.05, 3.63) is 34.0 Å². The minimum absolute atomic E-state index is 0.130. The first-order chi connectivity index (χ1) is 9.02. The quantitative estimate of drug-likeness (QED) is 0.907. The van der Waals surface area contributed by atoms with Gasteiger partial charge < -0.3 is 9.72 Å². The third kappa shape index (κ3) is 2.62. The molecule has 6 nitrogen and oxygen atoms in total. The van der Waals surface area contributed by atoms with Crippen LogP contribution in [-0.4, -0.2) is 27.0 Å². The highest BCUT2D eigenvalue weighted by Gasteiger charge is 2.13. The third-order valence-electron chi connectivity index (χ3n) is 2.82. The fraction of sp³-hybridized carbons (Fsp3) is 0.385. The number of methoxy groups -OCH3 is 1. The Balaban J connectivity index is 2.55. The number of rotatable bonds is 3. The van der Waals surface area contributed by atoms with Gasteiger partial charge in [0.15, 0.2) is 5.82 Å². The van der Waals surface area contributed by atoms with E-state index in [1.54, 1.807) is 6.07 Å². The van der Waals surface area contributed by atoms with E-state index in [0.29, 0.717) is 28.7 Å². The van der Waals surface area contributed by atoms with E-state index in [1.165, 1.54) is 13.4 Å². The Bertz CT molecular complexity index is 649. The van der Waals surface area contributed by atoms with E-state index in [9.17, 15) is 4.79 Å². The van der Waals surface area contributed by atoms with Crippen LogP contribution in [0.4, 0.5) is 0 Å². The molecule has 0 amide bonds. The number of nitrogens with zero attached hydrogens (tertiary/aromatic N) is 3. The van der Waals surface area contributed by atoms with Gasteiger partial charge in [-0.25, -0.2) is 15.0 Å². The topological polar surface area (TPSA) is 80.8 Å². The average molecular weight is 260 g/mol. The Hall–Kier alpha value is -2.24. The second kappa shape index (κ2) is 5.17. The van der Waals surface area contributed by atoms with Gasteiger partial charge in [-0.3, -0.25) is 4.79 Å². The van der Waals surface area contributed by atoms with E-state index >= 15 is 0 Å². The lowest BCUT2D eigenvalue weighted by molar-refractivity contribution is 0.397. The number of aromatic nitrogens is 4. The second-order valence-corrected chi connectivity index (χ2v) is 4.51. The molecule has 0 fully saturated rings. The second-order valence-electron chi connectivity index (χ2n) is 4.51. The number of aryl methyl sites for hydroxylation is 1. The Morgan fingerprint density at radius 2 is 2.05 bits per heavy atom. The zero-order chi connectivity index (χ0) is 14.0. The molecule has 2 aromatic heterocycles. The van der Waals surface area contributed by atoms with Gasteiger partial charge in [0.1, 0.15) is 12.0 Å². The normalized spacial score (nSPS) is 10.8. The van der Waals surface area contributed by atoms with Crippen LogP contribution >= 0.6 is 0 Å². The van der Waals surface area contributed by atoms with Crippen molar-refractivity contribution in [3.8, 4) is 17.4 Å². The molecule has 1 N–H and O–H groups in total. The molecule has 0 aromatic carbocycles. The van der Waals surface area contributed by atoms with Gasteiger partial charge in [-0.1, -0.05) is 13.8 Å². The number of nitrogens with one attached hydrogen (secondary N) is 1. The average Bonchev–Trinajstić information content (AvgIpc) is 2.37. The number of aromatic amines is 1. The third-order valence-corrected chi connectivity index (χ3v) is 2.82. The Labute approximate surface area is 110 Å². The molecule has 0 bridgehead atoms. The van der Waals surface area contributed by atoms with Gasteiger partial charge in [-0.05, 0) is 12.8 Å². The highest BCUT2D eigenvalue weighted by molar-refractivity contribution is 5.50. The van der Waals surface area contributed by atoms with Gasteiger partial charge >= 0.3 is 0 Å². The van der Waals surface area contributed by atoms with Crippen LogP contribution in [0.25, 0.3) is 11.5 Å². The van der Waals surface area contributed by atoms with Gasteiger partial charge in [-0.2, -0.15) is 0 Å². The van der Waals surface area contributed by atoms with Crippen LogP contribution in [0.2, 0.25) is 0 Å². The molecule has 100 valence electrons. The van der Waals surface area contributed by atoms with Gasteiger partial charge in [-0.15, -0.1) is 0 Å². The standard InChI is InChI=1S/C13H16N4O2/c1-7(2)11-8(3)16-12(17-13(11)18)9-5-10(19-4)15-6-14-9/h5-7H,1-4H3,(H,16,17,18). The highest BCUT2D eigenvalue weighted by Crippen LogP contribution is 2.18. The van der Waals surface area contributed by atoms with Crippen LogP contribution < -0.4 is 10.3 Å². The summed E-state index contributed by atoms with van der Waals surface area (Å²) in [6.45, 7) is 5.76. The van der Waals surface area contributed by atoms with Crippen molar-refractivity contribution in [1.82, 2.24) is 19.9 Å². The summed E-state index contributed by atoms with van der Waals surface area (Å²) in [4.78, 5) is 27.2. The minimum Gasteiger partial charge on any atom is -0.481 e. The number of hydrogen-bond donors (Lipinski definition) is 1. The first-order valence-electron chi connectivity index (χ1n) is 6.00. The lowest BCUT2D eigenvalue weighted by atomic mass is 10.0. The molecule has 0 unspecified atom stereocenters. The van der Waals surface area contributed by atoms with E-state index in [-0.39, 0.29) is 11.5 Å². The van der Waals surface area contributed by atoms with Gasteiger partial charge in [0.2, 0.25) is 5.88 Å². The molecule has 0 spiro atoms. The maximum atomic E-state index is 12.1. The molecule has 0 aliphatic rings. The zero-order valence-corrected chi connectivity index (χ0v) is 11.4. The summed E-state index contributed by atoms with van der Waals surface area (Å²) in [7, 11) is 1.52. The molecule has 19 heavy (non-hydrogen) atoms. The molecule has 0 radical (unpaired) electrons. The predicted molar refractivity (Wildman–Crippen MR) is 71.3 cm³/mol. The van der Waals surface area contributed by atoms with Crippen LogP contribution in [-0.2, 0) is 0 Å². The van der Waals surface area contributed by atoms with Gasteiger partial charge in [0.05, 0.1) is 7.11 Å². The molecular formula is C13H16N4O2. The summed E-state index contributed by atoms with van der Waals surface area (Å²) in [5, 5.41) is 0. The Kier molecular flexibility index (Phi) is 3.59. The van der Waals surface area contributed by atoms with Crippen molar-refractivity contribution in [2.75, 3.05) is 7.11 Å². The molecule has 2 aromatic rings. The summed E-state index contributed by atoms with van der Waals surface area (Å²) in [6, 6.07) is 1.63. The minimum atomic E-state index is -0.130. The van der Waals surface area contributed by atoms with E-state index in [0.717, 1.165) is 0 Å². The molecule has 2 heterocycles. The van der Waals surface area contributed by atoms with Crippen molar-refractivity contribution in [1.29, 1.82) is 0 Å². The highest BCUT2D eigenvalue weighted by atomic mass is 16.5. The van der Waals surface area contributed by atoms with Crippen molar-refractivity contribution in [3.63, 3.8) is 0 Å². The molecule has 0 saturated heterocycles. The Morgan fingerprint density at radius 1 is 1.32 bits per heavy atom. The molecule has 0 aliphatic carbocycles. The fourth-order valence-corrected chi connectivity index (χ4v) is 1.98. The molecule has 0 saturated carbocycles. The van der Waals surface area contributed by atoms with Crippen LogP contribution in [0, 0.1) is 6.92 Å². The predicted octanol–water partition coefficient (Wildman–Crippen LogP) is 1.67. The molecule has 0 atom stereocenters. The number of hydrogen-bond acceptors (Lipinski definition) is 5. The van der Waals surface area contributed by atoms with E-state index in [2.05, 4.69) is 19.9 Å². The molecule has 6 heteroatoms. The lowest BCUT2D eigenvalue weighted by Gasteiger charge is -2.09. The maximum Gasteiger partial charge on any atom is 0.254 e. The first kappa shape index (κ1) is 13.2. The van der Waals surface area contributed by atoms with Crippen LogP contribution in [0.3, 0.4) is 0 Å². The monoisotopic (exact) mass is 260 g/mol. The summed E-state index contributed by atoms with van der Waals surface area (Å²) < 4.78 is 5.03. The largest absolute Gasteiger partial charge is 0.481 e. The van der Waals surface area contributed by atoms with Crippen molar-refractivity contribution >= 4 is 0 Å². The zero-order valence-electron chi connectivity index (χ0n) is 11.4. The van der Waals surface area contributed by atoms with E-state index in [1.807, 2.05) is 20.8 Å². The maximum absolute atomic E-state index is 12.1. The Morgan fingerprint density at radius 3 is 2.63 bits per heavy atom. The fourth-order valence-electron chi connectivity index (χ4n) is 1.98. The van der Waals surface area contributed by atoms with E-state index in [4.69, 9.17) is 4.74 Å². The summed E-state index contributed by atoms with van der Waals surface area (Å²) in [5.41, 5.74) is 1.81. The number of H-pyrrole nitrogens is 1. The molecular weight excluding hydrogens is 244 g/mol. The van der Waals surface area contributed by atoms with Crippen LogP contribution in [0.5, 0.6) is 5.88 Å². The van der Waals surface area contributed by atoms with E-state index < -0.39 is 0 Å². The lowest BCUT2D eigenvalue weighted by Crippen LogP contribution is -2.18. The van der Waals surface area contributed by atoms with Gasteiger partial charge in [0.25, 0.3) is 5.56 Å². The molecule has 0 aliphatic heterocycles. The summed E-state index contributed by atoms with van der Waals surface area (Å²) >= 11 is 0. The smallest absolute Gasteiger partial charge is 0.254 e. The van der Waals surface area contributed by atoms with Crippen molar-refractivity contribution < 1.29 is 4.74 Å². The number of ether oxygens (including phenoxy) is 1. The van der Waals surface area contributed by atoms with Crippen LogP contribution in [0.1, 0.15) is 31.0 Å². The van der Waals surface area contributed by atoms with Crippen LogP contribution in [0.15, 0.2) is 17.2 Å². The van der Waals surface area contributed by atoms with Crippen molar-refractivity contribution in [2.24, 2.45) is 0 Å². The molecule has 2 rings (SSSR count). The first-order valence-corrected chi connectivity index (χ1v) is 6.00. The summed E-state index contributed by atoms with van der Waals surface area (Å²) in [6.07, 6.45) is 1.37. The van der Waals surface area contributed by atoms with Crippen molar-refractivity contribution in [2.45, 2.75) is 26.7 Å². The SMILES string of the molecule is COc1cc(-c2nc(C)c(C(C)C)c(=O)[nH]2)ncn1. The summed E-state index contributed by atoms with van der Waals surface area (Å²) in [5.74, 6) is 0.982.